The molecular weight excluding hydrogens is 416 g/mol. The molecule has 1 saturated heterocycles. The molecule has 178 valence electrons. The highest BCUT2D eigenvalue weighted by Crippen LogP contribution is 2.15. The van der Waals surface area contributed by atoms with Crippen molar-refractivity contribution in [3.8, 4) is 0 Å². The van der Waals surface area contributed by atoms with Gasteiger partial charge in [0.2, 0.25) is 5.91 Å². The summed E-state index contributed by atoms with van der Waals surface area (Å²) in [5.41, 5.74) is 3.42. The Balaban J connectivity index is 0.000000769. The molecule has 1 aliphatic rings. The molecule has 2 aromatic rings. The van der Waals surface area contributed by atoms with Crippen molar-refractivity contribution in [3.63, 3.8) is 0 Å². The smallest absolute Gasteiger partial charge is 0.290 e. The van der Waals surface area contributed by atoms with Crippen molar-refractivity contribution in [2.75, 3.05) is 32.7 Å². The van der Waals surface area contributed by atoms with Crippen molar-refractivity contribution in [2.45, 2.75) is 39.7 Å². The number of imidazole rings is 1. The molecule has 0 aromatic carbocycles. The molecular formula is C21H34N6O5. The van der Waals surface area contributed by atoms with Crippen LogP contribution in [-0.4, -0.2) is 90.9 Å². The van der Waals surface area contributed by atoms with Crippen LogP contribution in [0.5, 0.6) is 0 Å². The van der Waals surface area contributed by atoms with Gasteiger partial charge in [0.15, 0.2) is 0 Å². The quantitative estimate of drug-likeness (QED) is 0.618. The molecule has 1 amide bonds. The van der Waals surface area contributed by atoms with E-state index in [0.717, 1.165) is 63.5 Å². The van der Waals surface area contributed by atoms with Gasteiger partial charge >= 0.3 is 0 Å². The number of aromatic nitrogens is 4. The highest BCUT2D eigenvalue weighted by atomic mass is 16.3. The van der Waals surface area contributed by atoms with Gasteiger partial charge in [-0.05, 0) is 38.8 Å². The Labute approximate surface area is 188 Å². The summed E-state index contributed by atoms with van der Waals surface area (Å²) in [7, 11) is 1.96. The number of rotatable bonds is 6. The molecule has 3 rings (SSSR count). The van der Waals surface area contributed by atoms with Crippen LogP contribution in [0.15, 0.2) is 18.7 Å². The molecule has 0 aliphatic carbocycles. The lowest BCUT2D eigenvalue weighted by atomic mass is 10.1. The molecule has 0 spiro atoms. The summed E-state index contributed by atoms with van der Waals surface area (Å²) >= 11 is 0. The third-order valence-corrected chi connectivity index (χ3v) is 5.42. The van der Waals surface area contributed by atoms with Gasteiger partial charge in [0.1, 0.15) is 0 Å². The van der Waals surface area contributed by atoms with Gasteiger partial charge < -0.3 is 19.7 Å². The van der Waals surface area contributed by atoms with Crippen molar-refractivity contribution in [1.29, 1.82) is 0 Å². The Bertz CT molecular complexity index is 815. The molecule has 1 aliphatic heterocycles. The fourth-order valence-corrected chi connectivity index (χ4v) is 3.69. The maximum absolute atomic E-state index is 12.7. The Morgan fingerprint density at radius 1 is 1.09 bits per heavy atom. The lowest BCUT2D eigenvalue weighted by molar-refractivity contribution is -0.131. The SMILES string of the molecule is Cc1nn(C)c(C)c1CCC(=O)N1CCCN(CCn2ccnc2)CC1.O=CO.O=CO. The minimum Gasteiger partial charge on any atom is -0.483 e. The van der Waals surface area contributed by atoms with Crippen LogP contribution in [0.3, 0.4) is 0 Å². The summed E-state index contributed by atoms with van der Waals surface area (Å²) in [6.07, 6.45) is 8.06. The van der Waals surface area contributed by atoms with Crippen molar-refractivity contribution >= 4 is 18.9 Å². The fraction of sp³-hybridized carbons (Fsp3) is 0.571. The van der Waals surface area contributed by atoms with Crippen LogP contribution in [0.25, 0.3) is 0 Å². The Kier molecular flexibility index (Phi) is 12.4. The van der Waals surface area contributed by atoms with E-state index in [1.807, 2.05) is 42.3 Å². The molecule has 3 heterocycles. The number of nitrogens with zero attached hydrogens (tertiary/aromatic N) is 6. The molecule has 32 heavy (non-hydrogen) atoms. The van der Waals surface area contributed by atoms with Crippen molar-refractivity contribution < 1.29 is 24.6 Å². The van der Waals surface area contributed by atoms with Gasteiger partial charge in [-0.15, -0.1) is 0 Å². The monoisotopic (exact) mass is 450 g/mol. The first kappa shape index (κ1) is 26.8. The molecule has 1 fully saturated rings. The number of amides is 1. The van der Waals surface area contributed by atoms with E-state index in [2.05, 4.69) is 26.5 Å². The van der Waals surface area contributed by atoms with Crippen LogP contribution in [-0.2, 0) is 34.4 Å². The first-order valence-electron chi connectivity index (χ1n) is 10.5. The van der Waals surface area contributed by atoms with E-state index < -0.39 is 0 Å². The second-order valence-corrected chi connectivity index (χ2v) is 7.36. The zero-order chi connectivity index (χ0) is 23.9. The second kappa shape index (κ2) is 14.7. The van der Waals surface area contributed by atoms with Gasteiger partial charge in [0.05, 0.1) is 12.0 Å². The van der Waals surface area contributed by atoms with E-state index in [4.69, 9.17) is 19.8 Å². The average Bonchev–Trinajstić information content (AvgIpc) is 3.27. The summed E-state index contributed by atoms with van der Waals surface area (Å²) in [6.45, 7) is 9.25. The average molecular weight is 451 g/mol. The van der Waals surface area contributed by atoms with E-state index in [1.165, 1.54) is 5.56 Å². The zero-order valence-electron chi connectivity index (χ0n) is 19.1. The van der Waals surface area contributed by atoms with E-state index in [1.54, 1.807) is 0 Å². The molecule has 0 unspecified atom stereocenters. The van der Waals surface area contributed by atoms with Crippen LogP contribution in [0.2, 0.25) is 0 Å². The van der Waals surface area contributed by atoms with Gasteiger partial charge in [-0.3, -0.25) is 24.0 Å². The summed E-state index contributed by atoms with van der Waals surface area (Å²) in [5.74, 6) is 0.268. The summed E-state index contributed by atoms with van der Waals surface area (Å²) in [6, 6.07) is 0. The first-order chi connectivity index (χ1) is 15.4. The third-order valence-electron chi connectivity index (χ3n) is 5.42. The number of aryl methyl sites for hydroxylation is 2. The third kappa shape index (κ3) is 8.88. The topological polar surface area (TPSA) is 134 Å². The van der Waals surface area contributed by atoms with Gasteiger partial charge in [0.25, 0.3) is 12.9 Å². The number of carbonyl (C=O) groups excluding carboxylic acids is 1. The molecule has 2 aromatic heterocycles. The van der Waals surface area contributed by atoms with Crippen LogP contribution in [0.1, 0.15) is 29.8 Å². The number of hydrogen-bond donors (Lipinski definition) is 2. The van der Waals surface area contributed by atoms with E-state index in [0.29, 0.717) is 6.42 Å². The molecule has 11 heteroatoms. The van der Waals surface area contributed by atoms with Crippen LogP contribution in [0.4, 0.5) is 0 Å². The van der Waals surface area contributed by atoms with Gasteiger partial charge in [-0.25, -0.2) is 4.98 Å². The Hall–Kier alpha value is -3.21. The molecule has 0 saturated carbocycles. The van der Waals surface area contributed by atoms with Gasteiger partial charge in [-0.2, -0.15) is 5.10 Å². The normalized spacial score (nSPS) is 13.8. The molecule has 2 N–H and O–H groups in total. The highest BCUT2D eigenvalue weighted by Gasteiger charge is 2.20. The number of carboxylic acid groups (broad SMARTS) is 2. The van der Waals surface area contributed by atoms with Crippen LogP contribution >= 0.6 is 0 Å². The number of hydrogen-bond acceptors (Lipinski definition) is 6. The summed E-state index contributed by atoms with van der Waals surface area (Å²) in [5, 5.41) is 18.2. The molecule has 0 bridgehead atoms. The summed E-state index contributed by atoms with van der Waals surface area (Å²) < 4.78 is 4.01. The van der Waals surface area contributed by atoms with Crippen molar-refractivity contribution in [2.24, 2.45) is 7.05 Å². The van der Waals surface area contributed by atoms with E-state index >= 15 is 0 Å². The highest BCUT2D eigenvalue weighted by molar-refractivity contribution is 5.76. The number of carbonyl (C=O) groups is 3. The van der Waals surface area contributed by atoms with Gasteiger partial charge in [-0.1, -0.05) is 0 Å². The van der Waals surface area contributed by atoms with E-state index in [-0.39, 0.29) is 18.9 Å². The predicted molar refractivity (Wildman–Crippen MR) is 118 cm³/mol. The maximum atomic E-state index is 12.7. The largest absolute Gasteiger partial charge is 0.483 e. The van der Waals surface area contributed by atoms with Crippen LogP contribution in [0, 0.1) is 13.8 Å². The Morgan fingerprint density at radius 2 is 1.78 bits per heavy atom. The molecule has 11 nitrogen and oxygen atoms in total. The fourth-order valence-electron chi connectivity index (χ4n) is 3.69. The minimum absolute atomic E-state index is 0.250. The first-order valence-corrected chi connectivity index (χ1v) is 10.5. The lowest BCUT2D eigenvalue weighted by Gasteiger charge is -2.22. The zero-order valence-corrected chi connectivity index (χ0v) is 19.1. The van der Waals surface area contributed by atoms with Gasteiger partial charge in [0, 0.05) is 64.3 Å². The lowest BCUT2D eigenvalue weighted by Crippen LogP contribution is -2.36. The minimum atomic E-state index is -0.250. The predicted octanol–water partition coefficient (Wildman–Crippen LogP) is 0.802. The van der Waals surface area contributed by atoms with E-state index in [9.17, 15) is 4.79 Å². The van der Waals surface area contributed by atoms with Crippen molar-refractivity contribution in [1.82, 2.24) is 29.1 Å². The molecule has 0 radical (unpaired) electrons. The van der Waals surface area contributed by atoms with Crippen LogP contribution < -0.4 is 0 Å². The summed E-state index contributed by atoms with van der Waals surface area (Å²) in [4.78, 5) is 38.0. The standard InChI is InChI=1S/C19H30N6O.2CH2O2/c1-16-18(17(2)22(3)21-16)5-6-19(26)25-9-4-8-23(13-14-25)11-12-24-10-7-20-15-24;2*2-1-3/h7,10,15H,4-6,8-9,11-14H2,1-3H3;2*1H,(H,2,3). The Morgan fingerprint density at radius 3 is 2.34 bits per heavy atom. The van der Waals surface area contributed by atoms with Crippen molar-refractivity contribution in [3.05, 3.63) is 35.7 Å². The second-order valence-electron chi connectivity index (χ2n) is 7.36. The maximum Gasteiger partial charge on any atom is 0.290 e. The molecule has 0 atom stereocenters.